The third kappa shape index (κ3) is 3.04. The van der Waals surface area contributed by atoms with Crippen LogP contribution in [0.25, 0.3) is 11.0 Å². The first-order chi connectivity index (χ1) is 11.5. The number of carboxylic acids is 1. The number of fused-ring (bicyclic) bond motifs is 1. The highest BCUT2D eigenvalue weighted by Gasteiger charge is 2.13. The smallest absolute Gasteiger partial charge is 0.371 e. The number of amides is 1. The van der Waals surface area contributed by atoms with E-state index in [2.05, 4.69) is 5.32 Å². The van der Waals surface area contributed by atoms with E-state index < -0.39 is 5.97 Å². The van der Waals surface area contributed by atoms with Crippen molar-refractivity contribution in [2.24, 2.45) is 0 Å². The van der Waals surface area contributed by atoms with Gasteiger partial charge in [-0.15, -0.1) is 0 Å². The lowest BCUT2D eigenvalue weighted by Crippen LogP contribution is -2.11. The molecule has 0 atom stereocenters. The van der Waals surface area contributed by atoms with E-state index in [9.17, 15) is 9.59 Å². The molecule has 0 fully saturated rings. The highest BCUT2D eigenvalue weighted by Crippen LogP contribution is 2.28. The summed E-state index contributed by atoms with van der Waals surface area (Å²) in [6.07, 6.45) is 0. The van der Waals surface area contributed by atoms with Crippen LogP contribution in [-0.2, 0) is 0 Å². The number of carbonyl (C=O) groups is 2. The van der Waals surface area contributed by atoms with Crippen molar-refractivity contribution in [2.45, 2.75) is 0 Å². The van der Waals surface area contributed by atoms with Gasteiger partial charge in [-0.05, 0) is 36.4 Å². The summed E-state index contributed by atoms with van der Waals surface area (Å²) in [6, 6.07) is 11.0. The molecule has 0 saturated carbocycles. The van der Waals surface area contributed by atoms with Crippen LogP contribution in [0.3, 0.4) is 0 Å². The first kappa shape index (κ1) is 15.9. The van der Waals surface area contributed by atoms with Gasteiger partial charge in [0.1, 0.15) is 11.3 Å². The number of hydrogen-bond donors (Lipinski definition) is 2. The fourth-order valence-corrected chi connectivity index (χ4v) is 2.48. The summed E-state index contributed by atoms with van der Waals surface area (Å²) in [4.78, 5) is 23.2. The minimum Gasteiger partial charge on any atom is -0.495 e. The summed E-state index contributed by atoms with van der Waals surface area (Å²) in [6.45, 7) is 0. The van der Waals surface area contributed by atoms with Gasteiger partial charge in [-0.3, -0.25) is 4.79 Å². The SMILES string of the molecule is COc1ccc(NC(=O)c2ccc3cc(C(=O)O)oc3c2)cc1Cl. The van der Waals surface area contributed by atoms with Crippen LogP contribution in [0.15, 0.2) is 46.9 Å². The normalized spacial score (nSPS) is 10.6. The molecule has 1 heterocycles. The monoisotopic (exact) mass is 345 g/mol. The Labute approximate surface area is 141 Å². The Hall–Kier alpha value is -2.99. The number of nitrogens with one attached hydrogen (secondary N) is 1. The molecular weight excluding hydrogens is 334 g/mol. The quantitative estimate of drug-likeness (QED) is 0.744. The molecule has 0 aliphatic rings. The molecular formula is C17H12ClNO5. The molecule has 1 amide bonds. The Balaban J connectivity index is 1.85. The van der Waals surface area contributed by atoms with Crippen LogP contribution in [0.4, 0.5) is 5.69 Å². The van der Waals surface area contributed by atoms with Crippen LogP contribution in [0.1, 0.15) is 20.9 Å². The number of hydrogen-bond acceptors (Lipinski definition) is 4. The summed E-state index contributed by atoms with van der Waals surface area (Å²) in [7, 11) is 1.50. The molecule has 0 spiro atoms. The van der Waals surface area contributed by atoms with E-state index in [1.807, 2.05) is 0 Å². The zero-order chi connectivity index (χ0) is 17.3. The summed E-state index contributed by atoms with van der Waals surface area (Å²) in [5.41, 5.74) is 1.17. The fourth-order valence-electron chi connectivity index (χ4n) is 2.23. The molecule has 2 N–H and O–H groups in total. The van der Waals surface area contributed by atoms with Crippen molar-refractivity contribution in [1.29, 1.82) is 0 Å². The molecule has 0 radical (unpaired) electrons. The molecule has 0 bridgehead atoms. The van der Waals surface area contributed by atoms with Gasteiger partial charge in [-0.1, -0.05) is 17.7 Å². The zero-order valence-electron chi connectivity index (χ0n) is 12.5. The van der Waals surface area contributed by atoms with E-state index in [1.54, 1.807) is 30.3 Å². The number of methoxy groups -OCH3 is 1. The second kappa shape index (κ2) is 6.25. The van der Waals surface area contributed by atoms with Crippen molar-refractivity contribution >= 4 is 40.1 Å². The lowest BCUT2D eigenvalue weighted by molar-refractivity contribution is 0.0665. The number of aromatic carboxylic acids is 1. The third-order valence-electron chi connectivity index (χ3n) is 3.40. The van der Waals surface area contributed by atoms with Gasteiger partial charge < -0.3 is 19.6 Å². The maximum absolute atomic E-state index is 12.3. The van der Waals surface area contributed by atoms with Crippen LogP contribution >= 0.6 is 11.6 Å². The van der Waals surface area contributed by atoms with Crippen molar-refractivity contribution in [2.75, 3.05) is 12.4 Å². The third-order valence-corrected chi connectivity index (χ3v) is 3.70. The molecule has 3 aromatic rings. The molecule has 0 unspecified atom stereocenters. The number of benzene rings is 2. The van der Waals surface area contributed by atoms with Crippen molar-refractivity contribution < 1.29 is 23.8 Å². The van der Waals surface area contributed by atoms with Gasteiger partial charge in [0.15, 0.2) is 0 Å². The van der Waals surface area contributed by atoms with Gasteiger partial charge in [-0.2, -0.15) is 0 Å². The Morgan fingerprint density at radius 3 is 2.62 bits per heavy atom. The first-order valence-electron chi connectivity index (χ1n) is 6.89. The van der Waals surface area contributed by atoms with Gasteiger partial charge in [0.2, 0.25) is 5.76 Å². The van der Waals surface area contributed by atoms with E-state index in [0.717, 1.165) is 0 Å². The highest BCUT2D eigenvalue weighted by molar-refractivity contribution is 6.32. The summed E-state index contributed by atoms with van der Waals surface area (Å²) < 4.78 is 10.3. The molecule has 2 aromatic carbocycles. The maximum atomic E-state index is 12.3. The van der Waals surface area contributed by atoms with E-state index in [4.69, 9.17) is 25.9 Å². The van der Waals surface area contributed by atoms with Crippen molar-refractivity contribution in [3.63, 3.8) is 0 Å². The minimum atomic E-state index is -1.16. The molecule has 24 heavy (non-hydrogen) atoms. The standard InChI is InChI=1S/C17H12ClNO5/c1-23-13-5-4-11(8-12(13)18)19-16(20)10-3-2-9-6-15(17(21)22)24-14(9)7-10/h2-8H,1H3,(H,19,20)(H,21,22). The number of anilines is 1. The molecule has 1 aromatic heterocycles. The fraction of sp³-hybridized carbons (Fsp3) is 0.0588. The second-order valence-electron chi connectivity index (χ2n) is 4.97. The molecule has 122 valence electrons. The molecule has 0 aliphatic carbocycles. The molecule has 7 heteroatoms. The van der Waals surface area contributed by atoms with Gasteiger partial charge in [-0.25, -0.2) is 4.79 Å². The average molecular weight is 346 g/mol. The average Bonchev–Trinajstić information content (AvgIpc) is 2.98. The summed E-state index contributed by atoms with van der Waals surface area (Å²) >= 11 is 6.02. The molecule has 0 aliphatic heterocycles. The lowest BCUT2D eigenvalue weighted by atomic mass is 10.1. The number of furan rings is 1. The van der Waals surface area contributed by atoms with Gasteiger partial charge in [0.05, 0.1) is 12.1 Å². The Morgan fingerprint density at radius 2 is 1.96 bits per heavy atom. The number of carbonyl (C=O) groups excluding carboxylic acids is 1. The predicted molar refractivity (Wildman–Crippen MR) is 89.1 cm³/mol. The number of ether oxygens (including phenoxy) is 1. The largest absolute Gasteiger partial charge is 0.495 e. The van der Waals surface area contributed by atoms with E-state index in [1.165, 1.54) is 19.2 Å². The summed E-state index contributed by atoms with van der Waals surface area (Å²) in [5, 5.41) is 12.6. The van der Waals surface area contributed by atoms with Crippen LogP contribution < -0.4 is 10.1 Å². The number of rotatable bonds is 4. The van der Waals surface area contributed by atoms with Crippen molar-refractivity contribution in [1.82, 2.24) is 0 Å². The van der Waals surface area contributed by atoms with Crippen LogP contribution in [0.5, 0.6) is 5.75 Å². The second-order valence-corrected chi connectivity index (χ2v) is 5.38. The van der Waals surface area contributed by atoms with Gasteiger partial charge in [0.25, 0.3) is 5.91 Å². The number of carboxylic acid groups (broad SMARTS) is 1. The topological polar surface area (TPSA) is 88.8 Å². The van der Waals surface area contributed by atoms with E-state index in [-0.39, 0.29) is 11.7 Å². The molecule has 0 saturated heterocycles. The summed E-state index contributed by atoms with van der Waals surface area (Å²) in [5.74, 6) is -1.20. The lowest BCUT2D eigenvalue weighted by Gasteiger charge is -2.08. The van der Waals surface area contributed by atoms with Gasteiger partial charge >= 0.3 is 5.97 Å². The highest BCUT2D eigenvalue weighted by atomic mass is 35.5. The van der Waals surface area contributed by atoms with Crippen LogP contribution in [-0.4, -0.2) is 24.1 Å². The Bertz CT molecular complexity index is 947. The first-order valence-corrected chi connectivity index (χ1v) is 7.27. The predicted octanol–water partition coefficient (Wildman–Crippen LogP) is 4.05. The number of halogens is 1. The molecule has 3 rings (SSSR count). The molecule has 6 nitrogen and oxygen atoms in total. The zero-order valence-corrected chi connectivity index (χ0v) is 13.3. The van der Waals surface area contributed by atoms with Crippen LogP contribution in [0.2, 0.25) is 5.02 Å². The Morgan fingerprint density at radius 1 is 1.17 bits per heavy atom. The van der Waals surface area contributed by atoms with Crippen molar-refractivity contribution in [3.8, 4) is 5.75 Å². The van der Waals surface area contributed by atoms with Gasteiger partial charge in [0, 0.05) is 16.6 Å². The van der Waals surface area contributed by atoms with E-state index >= 15 is 0 Å². The minimum absolute atomic E-state index is 0.176. The van der Waals surface area contributed by atoms with Crippen molar-refractivity contribution in [3.05, 3.63) is 58.8 Å². The van der Waals surface area contributed by atoms with Crippen LogP contribution in [0, 0.1) is 0 Å². The van der Waals surface area contributed by atoms with E-state index in [0.29, 0.717) is 33.0 Å². The Kier molecular flexibility index (Phi) is 4.14. The maximum Gasteiger partial charge on any atom is 0.371 e.